The number of carbonyl (C=O) groups is 2. The quantitative estimate of drug-likeness (QED) is 0.281. The molecule has 0 saturated heterocycles. The lowest BCUT2D eigenvalue weighted by Gasteiger charge is -2.14. The molecule has 0 aliphatic heterocycles. The Labute approximate surface area is 206 Å². The first-order valence-corrected chi connectivity index (χ1v) is 12.6. The van der Waals surface area contributed by atoms with Gasteiger partial charge in [-0.25, -0.2) is 4.98 Å². The van der Waals surface area contributed by atoms with E-state index in [9.17, 15) is 9.59 Å². The molecule has 0 aliphatic rings. The molecular weight excluding hydrogens is 466 g/mol. The second-order valence-electron chi connectivity index (χ2n) is 7.60. The second kappa shape index (κ2) is 11.2. The van der Waals surface area contributed by atoms with Crippen LogP contribution < -0.4 is 15.4 Å². The van der Waals surface area contributed by atoms with E-state index in [1.807, 2.05) is 79.7 Å². The average molecular weight is 492 g/mol. The predicted octanol–water partition coefficient (Wildman–Crippen LogP) is 6.00. The third-order valence-corrected chi connectivity index (χ3v) is 7.38. The molecule has 1 unspecified atom stereocenters. The molecule has 2 N–H and O–H groups in total. The van der Waals surface area contributed by atoms with Crippen molar-refractivity contribution < 1.29 is 14.3 Å². The first kappa shape index (κ1) is 23.8. The Kier molecular flexibility index (Phi) is 7.82. The number of carbonyl (C=O) groups excluding carboxylic acids is 2. The van der Waals surface area contributed by atoms with Crippen LogP contribution in [0.1, 0.15) is 18.9 Å². The van der Waals surface area contributed by atoms with E-state index in [-0.39, 0.29) is 17.1 Å². The lowest BCUT2D eigenvalue weighted by molar-refractivity contribution is -0.116. The van der Waals surface area contributed by atoms with Crippen molar-refractivity contribution in [2.24, 2.45) is 0 Å². The number of nitrogens with one attached hydrogen (secondary N) is 2. The zero-order valence-corrected chi connectivity index (χ0v) is 20.5. The number of aromatic nitrogens is 1. The van der Waals surface area contributed by atoms with Crippen LogP contribution in [0.3, 0.4) is 0 Å². The summed E-state index contributed by atoms with van der Waals surface area (Å²) in [5, 5.41) is 6.16. The number of rotatable bonds is 9. The molecule has 1 atom stereocenters. The van der Waals surface area contributed by atoms with Gasteiger partial charge in [-0.15, -0.1) is 11.8 Å². The number of ether oxygens (including phenoxy) is 1. The molecule has 1 heterocycles. The number of nitrogens with zero attached hydrogens (tertiary/aromatic N) is 1. The summed E-state index contributed by atoms with van der Waals surface area (Å²) in [6.45, 7) is 1.98. The van der Waals surface area contributed by atoms with Gasteiger partial charge in [-0.3, -0.25) is 9.59 Å². The largest absolute Gasteiger partial charge is 0.497 e. The Balaban J connectivity index is 1.38. The number of methoxy groups -OCH3 is 1. The van der Waals surface area contributed by atoms with E-state index in [2.05, 4.69) is 15.6 Å². The molecule has 34 heavy (non-hydrogen) atoms. The summed E-state index contributed by atoms with van der Waals surface area (Å²) in [7, 11) is 1.62. The van der Waals surface area contributed by atoms with Gasteiger partial charge in [-0.2, -0.15) is 0 Å². The summed E-state index contributed by atoms with van der Waals surface area (Å²) in [5.74, 6) is 0.578. The average Bonchev–Trinajstić information content (AvgIpc) is 3.24. The van der Waals surface area contributed by atoms with Gasteiger partial charge < -0.3 is 15.4 Å². The maximum absolute atomic E-state index is 13.0. The summed E-state index contributed by atoms with van der Waals surface area (Å²) < 4.78 is 6.21. The molecule has 0 bridgehead atoms. The third-order valence-electron chi connectivity index (χ3n) is 5.09. The van der Waals surface area contributed by atoms with Crippen molar-refractivity contribution in [3.63, 3.8) is 0 Å². The summed E-state index contributed by atoms with van der Waals surface area (Å²) >= 11 is 2.89. The van der Waals surface area contributed by atoms with Gasteiger partial charge in [0.2, 0.25) is 11.8 Å². The third kappa shape index (κ3) is 6.15. The SMILES string of the molecule is CCC(Sc1cccc(NC(=O)Cc2ccccc2)c1)C(=O)Nc1nc2ccc(OC)cc2s1. The highest BCUT2D eigenvalue weighted by molar-refractivity contribution is 8.00. The molecular formula is C26H25N3O3S2. The molecule has 4 rings (SSSR count). The summed E-state index contributed by atoms with van der Waals surface area (Å²) in [6, 6.07) is 22.8. The van der Waals surface area contributed by atoms with Crippen LogP contribution in [0.25, 0.3) is 10.2 Å². The monoisotopic (exact) mass is 491 g/mol. The highest BCUT2D eigenvalue weighted by Crippen LogP contribution is 2.32. The fourth-order valence-corrected chi connectivity index (χ4v) is 5.30. The lowest BCUT2D eigenvalue weighted by atomic mass is 10.1. The van der Waals surface area contributed by atoms with E-state index in [1.165, 1.54) is 23.1 Å². The van der Waals surface area contributed by atoms with Gasteiger partial charge in [0, 0.05) is 10.6 Å². The standard InChI is InChI=1S/C26H25N3O3S2/c1-3-22(25(31)29-26-28-21-13-12-19(32-2)16-23(21)34-26)33-20-11-7-10-18(15-20)27-24(30)14-17-8-5-4-6-9-17/h4-13,15-16,22H,3,14H2,1-2H3,(H,27,30)(H,28,29,31). The predicted molar refractivity (Wildman–Crippen MR) is 140 cm³/mol. The van der Waals surface area contributed by atoms with Crippen molar-refractivity contribution >= 4 is 55.9 Å². The molecule has 3 aromatic carbocycles. The molecule has 0 aliphatic carbocycles. The van der Waals surface area contributed by atoms with Crippen molar-refractivity contribution in [2.75, 3.05) is 17.7 Å². The molecule has 0 saturated carbocycles. The van der Waals surface area contributed by atoms with E-state index < -0.39 is 0 Å². The van der Waals surface area contributed by atoms with Crippen LogP contribution in [-0.4, -0.2) is 29.2 Å². The molecule has 6 nitrogen and oxygen atoms in total. The Bertz CT molecular complexity index is 1290. The normalized spacial score (nSPS) is 11.7. The Morgan fingerprint density at radius 2 is 1.85 bits per heavy atom. The number of thiazole rings is 1. The number of fused-ring (bicyclic) bond motifs is 1. The van der Waals surface area contributed by atoms with E-state index in [4.69, 9.17) is 4.74 Å². The highest BCUT2D eigenvalue weighted by Gasteiger charge is 2.20. The molecule has 0 fully saturated rings. The Morgan fingerprint density at radius 3 is 2.62 bits per heavy atom. The van der Waals surface area contributed by atoms with Crippen LogP contribution >= 0.6 is 23.1 Å². The zero-order chi connectivity index (χ0) is 23.9. The molecule has 2 amide bonds. The van der Waals surface area contributed by atoms with Crippen molar-refractivity contribution in [1.29, 1.82) is 0 Å². The van der Waals surface area contributed by atoms with Crippen LogP contribution in [-0.2, 0) is 16.0 Å². The van der Waals surface area contributed by atoms with Gasteiger partial charge in [-0.1, -0.05) is 54.7 Å². The Morgan fingerprint density at radius 1 is 1.03 bits per heavy atom. The second-order valence-corrected chi connectivity index (χ2v) is 9.90. The van der Waals surface area contributed by atoms with Gasteiger partial charge in [-0.05, 0) is 48.4 Å². The first-order valence-electron chi connectivity index (χ1n) is 10.9. The summed E-state index contributed by atoms with van der Waals surface area (Å²) in [4.78, 5) is 30.8. The topological polar surface area (TPSA) is 80.3 Å². The fraction of sp³-hybridized carbons (Fsp3) is 0.192. The van der Waals surface area contributed by atoms with Crippen molar-refractivity contribution in [3.8, 4) is 5.75 Å². The minimum Gasteiger partial charge on any atom is -0.497 e. The van der Waals surface area contributed by atoms with Crippen molar-refractivity contribution in [3.05, 3.63) is 78.4 Å². The molecule has 0 radical (unpaired) electrons. The fourth-order valence-electron chi connectivity index (χ4n) is 3.39. The molecule has 1 aromatic heterocycles. The number of thioether (sulfide) groups is 1. The van der Waals surface area contributed by atoms with Gasteiger partial charge in [0.25, 0.3) is 0 Å². The van der Waals surface area contributed by atoms with E-state index in [1.54, 1.807) is 7.11 Å². The van der Waals surface area contributed by atoms with E-state index in [0.29, 0.717) is 23.7 Å². The molecule has 4 aromatic rings. The van der Waals surface area contributed by atoms with E-state index in [0.717, 1.165) is 26.4 Å². The van der Waals surface area contributed by atoms with Gasteiger partial charge >= 0.3 is 0 Å². The van der Waals surface area contributed by atoms with Crippen LogP contribution in [0.15, 0.2) is 77.7 Å². The first-order chi connectivity index (χ1) is 16.5. The van der Waals surface area contributed by atoms with Crippen LogP contribution in [0.5, 0.6) is 5.75 Å². The molecule has 174 valence electrons. The number of hydrogen-bond acceptors (Lipinski definition) is 6. The number of benzene rings is 3. The maximum atomic E-state index is 13.0. The zero-order valence-electron chi connectivity index (χ0n) is 18.9. The van der Waals surface area contributed by atoms with Crippen LogP contribution in [0.2, 0.25) is 0 Å². The van der Waals surface area contributed by atoms with Crippen LogP contribution in [0.4, 0.5) is 10.8 Å². The number of hydrogen-bond donors (Lipinski definition) is 2. The Hall–Kier alpha value is -3.36. The summed E-state index contributed by atoms with van der Waals surface area (Å²) in [6.07, 6.45) is 0.964. The van der Waals surface area contributed by atoms with Gasteiger partial charge in [0.05, 0.1) is 29.0 Å². The van der Waals surface area contributed by atoms with Gasteiger partial charge in [0.15, 0.2) is 5.13 Å². The maximum Gasteiger partial charge on any atom is 0.239 e. The summed E-state index contributed by atoms with van der Waals surface area (Å²) in [5.41, 5.74) is 2.49. The van der Waals surface area contributed by atoms with Crippen molar-refractivity contribution in [1.82, 2.24) is 4.98 Å². The molecule has 0 spiro atoms. The number of anilines is 2. The van der Waals surface area contributed by atoms with E-state index >= 15 is 0 Å². The lowest BCUT2D eigenvalue weighted by Crippen LogP contribution is -2.24. The van der Waals surface area contributed by atoms with Crippen molar-refractivity contribution in [2.45, 2.75) is 29.9 Å². The smallest absolute Gasteiger partial charge is 0.239 e. The minimum atomic E-state index is -0.295. The minimum absolute atomic E-state index is 0.0781. The highest BCUT2D eigenvalue weighted by atomic mass is 32.2. The molecule has 8 heteroatoms. The van der Waals surface area contributed by atoms with Crippen LogP contribution in [0, 0.1) is 0 Å². The van der Waals surface area contributed by atoms with Gasteiger partial charge in [0.1, 0.15) is 5.75 Å². The number of amides is 2.